The normalized spacial score (nSPS) is 12.4. The van der Waals surface area contributed by atoms with E-state index in [9.17, 15) is 0 Å². The number of rotatable bonds is 4. The molecule has 0 spiro atoms. The smallest absolute Gasteiger partial charge is 0.227 e. The third-order valence-corrected chi connectivity index (χ3v) is 1.55. The molecule has 1 heterocycles. The van der Waals surface area contributed by atoms with Gasteiger partial charge in [0.15, 0.2) is 5.82 Å². The average Bonchev–Trinajstić information content (AvgIpc) is 2.53. The molecule has 0 bridgehead atoms. The predicted molar refractivity (Wildman–Crippen MR) is 43.6 cm³/mol. The highest BCUT2D eigenvalue weighted by atomic mass is 16.5. The molecule has 0 aliphatic rings. The fourth-order valence-electron chi connectivity index (χ4n) is 0.882. The van der Waals surface area contributed by atoms with E-state index in [1.165, 1.54) is 0 Å². The number of aliphatic hydroxyl groups is 1. The maximum Gasteiger partial charge on any atom is 0.227 e. The minimum atomic E-state index is -0.123. The van der Waals surface area contributed by atoms with Gasteiger partial charge < -0.3 is 9.63 Å². The second-order valence-corrected chi connectivity index (χ2v) is 2.81. The lowest BCUT2D eigenvalue weighted by molar-refractivity contribution is 0.292. The van der Waals surface area contributed by atoms with Crippen molar-refractivity contribution >= 4 is 0 Å². The lowest BCUT2D eigenvalue weighted by atomic mass is 10.1. The Hall–Kier alpha value is -1.41. The van der Waals surface area contributed by atoms with Gasteiger partial charge in [-0.15, -0.1) is 0 Å². The zero-order valence-electron chi connectivity index (χ0n) is 7.40. The molecule has 0 aliphatic carbocycles. The van der Waals surface area contributed by atoms with Gasteiger partial charge >= 0.3 is 0 Å². The van der Waals surface area contributed by atoms with Crippen molar-refractivity contribution in [2.45, 2.75) is 19.8 Å². The number of nitrogens with zero attached hydrogens (tertiary/aromatic N) is 3. The van der Waals surface area contributed by atoms with Gasteiger partial charge in [0.1, 0.15) is 0 Å². The van der Waals surface area contributed by atoms with Crippen LogP contribution in [0.5, 0.6) is 0 Å². The van der Waals surface area contributed by atoms with Crippen LogP contribution >= 0.6 is 0 Å². The molecule has 0 radical (unpaired) electrons. The molecular formula is C8H11N3O2. The van der Waals surface area contributed by atoms with Crippen molar-refractivity contribution in [2.75, 3.05) is 6.61 Å². The molecule has 1 rings (SSSR count). The highest BCUT2D eigenvalue weighted by Gasteiger charge is 2.09. The molecule has 1 aromatic heterocycles. The average molecular weight is 181 g/mol. The Morgan fingerprint density at radius 2 is 2.46 bits per heavy atom. The third-order valence-electron chi connectivity index (χ3n) is 1.55. The van der Waals surface area contributed by atoms with E-state index >= 15 is 0 Å². The molecule has 0 fully saturated rings. The van der Waals surface area contributed by atoms with Crippen LogP contribution in [0.25, 0.3) is 0 Å². The van der Waals surface area contributed by atoms with E-state index in [1.54, 1.807) is 6.92 Å². The summed E-state index contributed by atoms with van der Waals surface area (Å²) in [4.78, 5) is 4.00. The van der Waals surface area contributed by atoms with E-state index in [1.807, 2.05) is 0 Å². The van der Waals surface area contributed by atoms with E-state index in [0.29, 0.717) is 24.6 Å². The molecule has 1 aromatic rings. The zero-order chi connectivity index (χ0) is 9.68. The number of nitriles is 1. The minimum Gasteiger partial charge on any atom is -0.396 e. The Balaban J connectivity index is 2.54. The van der Waals surface area contributed by atoms with E-state index in [2.05, 4.69) is 16.2 Å². The Labute approximate surface area is 76.0 Å². The second-order valence-electron chi connectivity index (χ2n) is 2.81. The first-order valence-electron chi connectivity index (χ1n) is 4.08. The summed E-state index contributed by atoms with van der Waals surface area (Å²) >= 11 is 0. The van der Waals surface area contributed by atoms with Crippen LogP contribution in [0.3, 0.4) is 0 Å². The van der Waals surface area contributed by atoms with E-state index in [4.69, 9.17) is 14.9 Å². The zero-order valence-corrected chi connectivity index (χ0v) is 7.40. The lowest BCUT2D eigenvalue weighted by Crippen LogP contribution is -1.97. The fourth-order valence-corrected chi connectivity index (χ4v) is 0.882. The molecule has 13 heavy (non-hydrogen) atoms. The molecule has 0 aliphatic heterocycles. The second kappa shape index (κ2) is 4.58. The van der Waals surface area contributed by atoms with Crippen molar-refractivity contribution in [1.82, 2.24) is 10.1 Å². The van der Waals surface area contributed by atoms with Crippen LogP contribution in [-0.4, -0.2) is 21.9 Å². The van der Waals surface area contributed by atoms with Crippen molar-refractivity contribution < 1.29 is 9.63 Å². The van der Waals surface area contributed by atoms with Crippen molar-refractivity contribution in [2.24, 2.45) is 5.92 Å². The maximum absolute atomic E-state index is 8.58. The molecule has 0 saturated heterocycles. The predicted octanol–water partition coefficient (Wildman–Crippen LogP) is 0.307. The highest BCUT2D eigenvalue weighted by molar-refractivity contribution is 4.92. The molecule has 5 heteroatoms. The van der Waals surface area contributed by atoms with Crippen molar-refractivity contribution in [1.29, 1.82) is 5.26 Å². The summed E-state index contributed by atoms with van der Waals surface area (Å²) in [5.74, 6) is 0.822. The van der Waals surface area contributed by atoms with Gasteiger partial charge in [0.25, 0.3) is 0 Å². The maximum atomic E-state index is 8.58. The summed E-state index contributed by atoms with van der Waals surface area (Å²) in [6, 6.07) is 2.08. The quantitative estimate of drug-likeness (QED) is 0.722. The van der Waals surface area contributed by atoms with Gasteiger partial charge in [-0.25, -0.2) is 0 Å². The van der Waals surface area contributed by atoms with Crippen molar-refractivity contribution in [3.63, 3.8) is 0 Å². The molecule has 0 aromatic carbocycles. The van der Waals surface area contributed by atoms with Gasteiger partial charge in [-0.1, -0.05) is 5.16 Å². The lowest BCUT2D eigenvalue weighted by Gasteiger charge is -1.93. The third kappa shape index (κ3) is 2.84. The molecule has 0 amide bonds. The van der Waals surface area contributed by atoms with Gasteiger partial charge in [0.2, 0.25) is 5.89 Å². The first kappa shape index (κ1) is 9.68. The standard InChI is InChI=1S/C8H11N3O2/c1-6(5-9)4-8-10-7(2-3-12)11-13-8/h6,12H,2-4H2,1H3. The fraction of sp³-hybridized carbons (Fsp3) is 0.625. The molecule has 70 valence electrons. The Kier molecular flexibility index (Phi) is 3.41. The van der Waals surface area contributed by atoms with Crippen LogP contribution in [0, 0.1) is 17.2 Å². The first-order chi connectivity index (χ1) is 6.26. The van der Waals surface area contributed by atoms with Crippen LogP contribution in [-0.2, 0) is 12.8 Å². The summed E-state index contributed by atoms with van der Waals surface area (Å²) in [6.07, 6.45) is 0.860. The minimum absolute atomic E-state index is 0.00672. The molecular weight excluding hydrogens is 170 g/mol. The number of aromatic nitrogens is 2. The summed E-state index contributed by atoms with van der Waals surface area (Å²) in [5.41, 5.74) is 0. The van der Waals surface area contributed by atoms with Gasteiger partial charge in [-0.3, -0.25) is 0 Å². The van der Waals surface area contributed by atoms with Crippen LogP contribution in [0.1, 0.15) is 18.6 Å². The number of aliphatic hydroxyl groups excluding tert-OH is 1. The highest BCUT2D eigenvalue weighted by Crippen LogP contribution is 2.05. The first-order valence-corrected chi connectivity index (χ1v) is 4.08. The van der Waals surface area contributed by atoms with Gasteiger partial charge in [0.05, 0.1) is 18.6 Å². The van der Waals surface area contributed by atoms with E-state index < -0.39 is 0 Å². The summed E-state index contributed by atoms with van der Waals surface area (Å²) in [5, 5.41) is 20.7. The van der Waals surface area contributed by atoms with Gasteiger partial charge in [-0.2, -0.15) is 10.2 Å². The summed E-state index contributed by atoms with van der Waals surface area (Å²) in [6.45, 7) is 1.79. The summed E-state index contributed by atoms with van der Waals surface area (Å²) in [7, 11) is 0. The summed E-state index contributed by atoms with van der Waals surface area (Å²) < 4.78 is 4.87. The Morgan fingerprint density at radius 3 is 3.08 bits per heavy atom. The van der Waals surface area contributed by atoms with Gasteiger partial charge in [0, 0.05) is 12.8 Å². The van der Waals surface area contributed by atoms with Crippen LogP contribution in [0.2, 0.25) is 0 Å². The van der Waals surface area contributed by atoms with Crippen molar-refractivity contribution in [3.05, 3.63) is 11.7 Å². The number of hydrogen-bond acceptors (Lipinski definition) is 5. The Bertz CT molecular complexity index is 303. The molecule has 1 atom stereocenters. The Morgan fingerprint density at radius 1 is 1.69 bits per heavy atom. The monoisotopic (exact) mass is 181 g/mol. The van der Waals surface area contributed by atoms with Crippen LogP contribution in [0.4, 0.5) is 0 Å². The SMILES string of the molecule is CC(C#N)Cc1nc(CCO)no1. The van der Waals surface area contributed by atoms with Gasteiger partial charge in [-0.05, 0) is 6.92 Å². The van der Waals surface area contributed by atoms with E-state index in [-0.39, 0.29) is 12.5 Å². The van der Waals surface area contributed by atoms with E-state index in [0.717, 1.165) is 0 Å². The van der Waals surface area contributed by atoms with Crippen LogP contribution < -0.4 is 0 Å². The molecule has 1 N–H and O–H groups in total. The molecule has 1 unspecified atom stereocenters. The molecule has 0 saturated carbocycles. The number of hydrogen-bond donors (Lipinski definition) is 1. The molecule has 5 nitrogen and oxygen atoms in total. The van der Waals surface area contributed by atoms with Crippen LogP contribution in [0.15, 0.2) is 4.52 Å². The topological polar surface area (TPSA) is 82.9 Å². The van der Waals surface area contributed by atoms with Crippen molar-refractivity contribution in [3.8, 4) is 6.07 Å². The largest absolute Gasteiger partial charge is 0.396 e.